The van der Waals surface area contributed by atoms with Crippen molar-refractivity contribution in [3.8, 4) is 0 Å². The molecule has 0 unspecified atom stereocenters. The van der Waals surface area contributed by atoms with Crippen LogP contribution in [0.15, 0.2) is 34.2 Å². The van der Waals surface area contributed by atoms with Crippen molar-refractivity contribution in [1.82, 2.24) is 19.8 Å². The summed E-state index contributed by atoms with van der Waals surface area (Å²) in [6, 6.07) is 7.29. The van der Waals surface area contributed by atoms with Crippen molar-refractivity contribution in [3.63, 3.8) is 0 Å². The van der Waals surface area contributed by atoms with E-state index in [4.69, 9.17) is 0 Å². The normalized spacial score (nSPS) is 19.4. The molecule has 2 saturated heterocycles. The average molecular weight is 578 g/mol. The third-order valence-electron chi connectivity index (χ3n) is 6.40. The van der Waals surface area contributed by atoms with E-state index in [0.717, 1.165) is 50.3 Å². The van der Waals surface area contributed by atoms with Crippen LogP contribution in [-0.2, 0) is 16.6 Å². The summed E-state index contributed by atoms with van der Waals surface area (Å²) in [7, 11) is -1.71. The summed E-state index contributed by atoms with van der Waals surface area (Å²) in [6.45, 7) is 8.35. The van der Waals surface area contributed by atoms with Gasteiger partial charge in [-0.3, -0.25) is 4.99 Å². The number of hydrogen-bond donors (Lipinski definition) is 2. The van der Waals surface area contributed by atoms with Crippen LogP contribution in [0.5, 0.6) is 0 Å². The average Bonchev–Trinajstić information content (AvgIpc) is 2.80. The van der Waals surface area contributed by atoms with Crippen molar-refractivity contribution in [2.45, 2.75) is 56.9 Å². The molecule has 2 aliphatic rings. The van der Waals surface area contributed by atoms with E-state index in [1.165, 1.54) is 25.9 Å². The third-order valence-corrected chi connectivity index (χ3v) is 8.39. The number of nitrogens with zero attached hydrogens (tertiary/aromatic N) is 3. The molecule has 0 atom stereocenters. The minimum absolute atomic E-state index is 0. The van der Waals surface area contributed by atoms with Gasteiger partial charge >= 0.3 is 0 Å². The fourth-order valence-corrected chi connectivity index (χ4v) is 6.08. The largest absolute Gasteiger partial charge is 0.356 e. The van der Waals surface area contributed by atoms with E-state index in [1.54, 1.807) is 23.5 Å². The van der Waals surface area contributed by atoms with Crippen LogP contribution in [0.3, 0.4) is 0 Å². The van der Waals surface area contributed by atoms with Gasteiger partial charge in [0.05, 0.1) is 4.90 Å². The zero-order valence-corrected chi connectivity index (χ0v) is 22.7. The van der Waals surface area contributed by atoms with Crippen LogP contribution in [-0.4, -0.2) is 69.9 Å². The van der Waals surface area contributed by atoms with Crippen LogP contribution in [0.2, 0.25) is 0 Å². The van der Waals surface area contributed by atoms with Crippen molar-refractivity contribution >= 4 is 40.0 Å². The Hall–Kier alpha value is -0.910. The molecular formula is C23H40IN5O2S. The number of guanidine groups is 1. The first-order valence-corrected chi connectivity index (χ1v) is 13.2. The number of aliphatic imine (C=N–C) groups is 1. The van der Waals surface area contributed by atoms with E-state index in [-0.39, 0.29) is 24.0 Å². The maximum Gasteiger partial charge on any atom is 0.243 e. The lowest BCUT2D eigenvalue weighted by atomic mass is 9.99. The lowest BCUT2D eigenvalue weighted by molar-refractivity contribution is 0.191. The summed E-state index contributed by atoms with van der Waals surface area (Å²) in [5.74, 6) is 1.57. The number of benzene rings is 1. The smallest absolute Gasteiger partial charge is 0.243 e. The maximum atomic E-state index is 13.2. The lowest BCUT2D eigenvalue weighted by Gasteiger charge is -2.30. The molecule has 0 bridgehead atoms. The highest BCUT2D eigenvalue weighted by atomic mass is 127. The van der Waals surface area contributed by atoms with Crippen molar-refractivity contribution in [3.05, 3.63) is 29.8 Å². The maximum absolute atomic E-state index is 13.2. The second kappa shape index (κ2) is 13.7. The zero-order chi connectivity index (χ0) is 22.1. The first-order valence-electron chi connectivity index (χ1n) is 11.8. The topological polar surface area (TPSA) is 77.0 Å². The number of hydrogen-bond acceptors (Lipinski definition) is 4. The van der Waals surface area contributed by atoms with Crippen molar-refractivity contribution in [2.75, 3.05) is 46.3 Å². The summed E-state index contributed by atoms with van der Waals surface area (Å²) < 4.78 is 27.9. The monoisotopic (exact) mass is 577 g/mol. The summed E-state index contributed by atoms with van der Waals surface area (Å²) in [6.07, 6.45) is 6.65. The fraction of sp³-hybridized carbons (Fsp3) is 0.696. The molecule has 1 aromatic rings. The van der Waals surface area contributed by atoms with Gasteiger partial charge in [0.1, 0.15) is 0 Å². The van der Waals surface area contributed by atoms with Crippen LogP contribution in [0.25, 0.3) is 0 Å². The number of likely N-dealkylation sites (tertiary alicyclic amines) is 1. The number of piperidine rings is 2. The van der Waals surface area contributed by atoms with E-state index in [0.29, 0.717) is 30.5 Å². The van der Waals surface area contributed by atoms with Gasteiger partial charge in [0.15, 0.2) is 5.96 Å². The molecule has 0 aliphatic carbocycles. The van der Waals surface area contributed by atoms with Gasteiger partial charge in [0, 0.05) is 33.2 Å². The third kappa shape index (κ3) is 7.85. The molecule has 32 heavy (non-hydrogen) atoms. The molecule has 0 saturated carbocycles. The molecule has 7 nitrogen and oxygen atoms in total. The minimum Gasteiger partial charge on any atom is -0.356 e. The van der Waals surface area contributed by atoms with E-state index in [1.807, 2.05) is 12.1 Å². The fourth-order valence-electron chi connectivity index (χ4n) is 4.34. The molecule has 3 rings (SSSR count). The van der Waals surface area contributed by atoms with Gasteiger partial charge in [-0.25, -0.2) is 8.42 Å². The summed E-state index contributed by atoms with van der Waals surface area (Å²) >= 11 is 0. The number of rotatable bonds is 8. The van der Waals surface area contributed by atoms with Gasteiger partial charge in [0.25, 0.3) is 0 Å². The second-order valence-electron chi connectivity index (χ2n) is 8.80. The molecule has 182 valence electrons. The van der Waals surface area contributed by atoms with Crippen molar-refractivity contribution in [1.29, 1.82) is 0 Å². The Morgan fingerprint density at radius 3 is 2.44 bits per heavy atom. The highest BCUT2D eigenvalue weighted by Gasteiger charge is 2.27. The Bertz CT molecular complexity index is 819. The van der Waals surface area contributed by atoms with Gasteiger partial charge in [-0.15, -0.1) is 24.0 Å². The van der Waals surface area contributed by atoms with Gasteiger partial charge < -0.3 is 15.5 Å². The lowest BCUT2D eigenvalue weighted by Crippen LogP contribution is -2.40. The van der Waals surface area contributed by atoms with Gasteiger partial charge in [-0.2, -0.15) is 4.31 Å². The van der Waals surface area contributed by atoms with Crippen molar-refractivity contribution < 1.29 is 8.42 Å². The second-order valence-corrected chi connectivity index (χ2v) is 10.7. The van der Waals surface area contributed by atoms with Crippen LogP contribution in [0.1, 0.15) is 51.0 Å². The number of halogens is 1. The summed E-state index contributed by atoms with van der Waals surface area (Å²) in [5.41, 5.74) is 0.776. The van der Waals surface area contributed by atoms with Gasteiger partial charge in [0.2, 0.25) is 10.0 Å². The Balaban J connectivity index is 0.00000363. The predicted octanol–water partition coefficient (Wildman–Crippen LogP) is 3.27. The Kier molecular flexibility index (Phi) is 11.7. The standard InChI is InChI=1S/C23H39N5O2S.HI/c1-20-11-17-27(18-12-20)14-8-13-25-23(24-2)26-19-21-9-4-5-10-22(21)31(29,30)28-15-6-3-7-16-28;/h4-5,9-10,20H,3,6-8,11-19H2,1-2H3,(H2,24,25,26);1H. The first-order chi connectivity index (χ1) is 15.0. The summed E-state index contributed by atoms with van der Waals surface area (Å²) in [5, 5.41) is 6.65. The quantitative estimate of drug-likeness (QED) is 0.215. The molecule has 0 radical (unpaired) electrons. The number of sulfonamides is 1. The van der Waals surface area contributed by atoms with Crippen LogP contribution < -0.4 is 10.6 Å². The molecular weight excluding hydrogens is 537 g/mol. The molecule has 2 fully saturated rings. The zero-order valence-electron chi connectivity index (χ0n) is 19.6. The van der Waals surface area contributed by atoms with E-state index in [2.05, 4.69) is 27.4 Å². The minimum atomic E-state index is -3.46. The molecule has 2 aliphatic heterocycles. The molecule has 9 heteroatoms. The molecule has 1 aromatic carbocycles. The summed E-state index contributed by atoms with van der Waals surface area (Å²) in [4.78, 5) is 7.24. The van der Waals surface area contributed by atoms with E-state index < -0.39 is 10.0 Å². The molecule has 0 spiro atoms. The van der Waals surface area contributed by atoms with Crippen molar-refractivity contribution in [2.24, 2.45) is 10.9 Å². The SMILES string of the molecule is CN=C(NCCCN1CCC(C)CC1)NCc1ccccc1S(=O)(=O)N1CCCCC1.I. The highest BCUT2D eigenvalue weighted by molar-refractivity contribution is 14.0. The molecule has 0 aromatic heterocycles. The molecule has 2 heterocycles. The van der Waals surface area contributed by atoms with Crippen LogP contribution in [0.4, 0.5) is 0 Å². The molecule has 0 amide bonds. The van der Waals surface area contributed by atoms with Gasteiger partial charge in [-0.1, -0.05) is 31.5 Å². The van der Waals surface area contributed by atoms with Crippen LogP contribution >= 0.6 is 24.0 Å². The Labute approximate surface area is 211 Å². The predicted molar refractivity (Wildman–Crippen MR) is 142 cm³/mol. The molecule has 2 N–H and O–H groups in total. The highest BCUT2D eigenvalue weighted by Crippen LogP contribution is 2.23. The van der Waals surface area contributed by atoms with Gasteiger partial charge in [-0.05, 0) is 69.3 Å². The van der Waals surface area contributed by atoms with E-state index >= 15 is 0 Å². The van der Waals surface area contributed by atoms with E-state index in [9.17, 15) is 8.42 Å². The first kappa shape index (κ1) is 27.3. The Morgan fingerprint density at radius 1 is 1.06 bits per heavy atom. The van der Waals surface area contributed by atoms with Crippen LogP contribution in [0, 0.1) is 5.92 Å². The Morgan fingerprint density at radius 2 is 1.75 bits per heavy atom. The number of nitrogens with one attached hydrogen (secondary N) is 2.